The zero-order valence-electron chi connectivity index (χ0n) is 9.87. The molecular formula is C11H13NO6S. The Labute approximate surface area is 109 Å². The third-order valence-electron chi connectivity index (χ3n) is 2.17. The smallest absolute Gasteiger partial charge is 0.335 e. The molecule has 7 nitrogen and oxygen atoms in total. The highest BCUT2D eigenvalue weighted by atomic mass is 32.2. The van der Waals surface area contributed by atoms with E-state index in [0.29, 0.717) is 5.69 Å². The van der Waals surface area contributed by atoms with Crippen LogP contribution in [0.2, 0.25) is 0 Å². The summed E-state index contributed by atoms with van der Waals surface area (Å²) in [7, 11) is -3.63. The minimum absolute atomic E-state index is 0.0610. The average molecular weight is 287 g/mol. The maximum atomic E-state index is 11.4. The molecule has 8 heteroatoms. The Hall–Kier alpha value is -1.93. The van der Waals surface area contributed by atoms with Crippen molar-refractivity contribution >= 4 is 27.4 Å². The van der Waals surface area contributed by atoms with Crippen molar-refractivity contribution in [2.45, 2.75) is 0 Å². The Morgan fingerprint density at radius 1 is 1.16 bits per heavy atom. The van der Waals surface area contributed by atoms with Crippen molar-refractivity contribution in [2.24, 2.45) is 0 Å². The number of carboxylic acids is 1. The van der Waals surface area contributed by atoms with E-state index in [0.717, 1.165) is 0 Å². The van der Waals surface area contributed by atoms with Crippen molar-refractivity contribution in [2.75, 3.05) is 23.4 Å². The summed E-state index contributed by atoms with van der Waals surface area (Å²) in [4.78, 5) is 22.0. The van der Waals surface area contributed by atoms with Crippen LogP contribution >= 0.6 is 0 Å². The SMILES string of the molecule is O=C(CS(=O)(=O)CCO)Nc1ccc(C(=O)O)cc1. The second-order valence-electron chi connectivity index (χ2n) is 3.75. The third kappa shape index (κ3) is 5.06. The molecule has 0 fully saturated rings. The van der Waals surface area contributed by atoms with Gasteiger partial charge in [-0.15, -0.1) is 0 Å². The van der Waals surface area contributed by atoms with Crippen LogP contribution in [0.15, 0.2) is 24.3 Å². The fraction of sp³-hybridized carbons (Fsp3) is 0.273. The van der Waals surface area contributed by atoms with Gasteiger partial charge in [0.25, 0.3) is 0 Å². The van der Waals surface area contributed by atoms with Gasteiger partial charge in [-0.3, -0.25) is 4.79 Å². The number of carbonyl (C=O) groups excluding carboxylic acids is 1. The summed E-state index contributed by atoms with van der Waals surface area (Å²) in [6.45, 7) is -0.539. The van der Waals surface area contributed by atoms with Gasteiger partial charge in [0.05, 0.1) is 17.9 Å². The van der Waals surface area contributed by atoms with E-state index < -0.39 is 39.8 Å². The first-order chi connectivity index (χ1) is 8.84. The molecule has 1 aromatic carbocycles. The molecule has 0 unspecified atom stereocenters. The van der Waals surface area contributed by atoms with E-state index in [4.69, 9.17) is 10.2 Å². The van der Waals surface area contributed by atoms with E-state index in [1.54, 1.807) is 0 Å². The largest absolute Gasteiger partial charge is 0.478 e. The fourth-order valence-electron chi connectivity index (χ4n) is 1.30. The molecule has 0 aliphatic carbocycles. The molecule has 19 heavy (non-hydrogen) atoms. The summed E-state index contributed by atoms with van der Waals surface area (Å²) in [6, 6.07) is 5.31. The molecule has 3 N–H and O–H groups in total. The van der Waals surface area contributed by atoms with Crippen molar-refractivity contribution in [1.82, 2.24) is 0 Å². The lowest BCUT2D eigenvalue weighted by molar-refractivity contribution is -0.113. The van der Waals surface area contributed by atoms with Crippen LogP contribution in [-0.4, -0.2) is 48.6 Å². The molecule has 0 bridgehead atoms. The van der Waals surface area contributed by atoms with E-state index in [1.807, 2.05) is 0 Å². The van der Waals surface area contributed by atoms with E-state index in [2.05, 4.69) is 5.32 Å². The van der Waals surface area contributed by atoms with Crippen LogP contribution in [0, 0.1) is 0 Å². The van der Waals surface area contributed by atoms with Crippen molar-refractivity contribution < 1.29 is 28.2 Å². The minimum Gasteiger partial charge on any atom is -0.478 e. The van der Waals surface area contributed by atoms with Crippen LogP contribution in [0.1, 0.15) is 10.4 Å². The number of anilines is 1. The molecule has 1 aromatic rings. The van der Waals surface area contributed by atoms with E-state index in [9.17, 15) is 18.0 Å². The van der Waals surface area contributed by atoms with Gasteiger partial charge >= 0.3 is 5.97 Å². The summed E-state index contributed by atoms with van der Waals surface area (Å²) in [5, 5.41) is 19.5. The predicted molar refractivity (Wildman–Crippen MR) is 67.8 cm³/mol. The van der Waals surface area contributed by atoms with Crippen LogP contribution in [-0.2, 0) is 14.6 Å². The summed E-state index contributed by atoms with van der Waals surface area (Å²) < 4.78 is 22.6. The van der Waals surface area contributed by atoms with Crippen LogP contribution in [0.3, 0.4) is 0 Å². The number of hydrogen-bond donors (Lipinski definition) is 3. The lowest BCUT2D eigenvalue weighted by atomic mass is 10.2. The number of aliphatic hydroxyl groups excluding tert-OH is 1. The van der Waals surface area contributed by atoms with E-state index >= 15 is 0 Å². The van der Waals surface area contributed by atoms with Crippen LogP contribution < -0.4 is 5.32 Å². The second kappa shape index (κ2) is 6.30. The van der Waals surface area contributed by atoms with Gasteiger partial charge in [-0.05, 0) is 24.3 Å². The fourth-order valence-corrected chi connectivity index (χ4v) is 2.20. The Bertz CT molecular complexity index is 563. The zero-order valence-corrected chi connectivity index (χ0v) is 10.7. The van der Waals surface area contributed by atoms with Crippen molar-refractivity contribution in [3.8, 4) is 0 Å². The average Bonchev–Trinajstić information content (AvgIpc) is 2.28. The molecule has 0 atom stereocenters. The molecule has 0 saturated carbocycles. The lowest BCUT2D eigenvalue weighted by Crippen LogP contribution is -2.25. The number of aliphatic hydroxyl groups is 1. The highest BCUT2D eigenvalue weighted by molar-refractivity contribution is 7.92. The predicted octanol–water partition coefficient (Wildman–Crippen LogP) is -0.270. The second-order valence-corrected chi connectivity index (χ2v) is 5.93. The van der Waals surface area contributed by atoms with Crippen molar-refractivity contribution in [3.63, 3.8) is 0 Å². The number of carboxylic acid groups (broad SMARTS) is 1. The molecule has 0 aliphatic rings. The van der Waals surface area contributed by atoms with Crippen LogP contribution in [0.5, 0.6) is 0 Å². The van der Waals surface area contributed by atoms with Crippen molar-refractivity contribution in [1.29, 1.82) is 0 Å². The summed E-state index contributed by atoms with van der Waals surface area (Å²) >= 11 is 0. The van der Waals surface area contributed by atoms with Crippen LogP contribution in [0.25, 0.3) is 0 Å². The topological polar surface area (TPSA) is 121 Å². The minimum atomic E-state index is -3.63. The highest BCUT2D eigenvalue weighted by Crippen LogP contribution is 2.09. The quantitative estimate of drug-likeness (QED) is 0.662. The molecule has 104 valence electrons. The lowest BCUT2D eigenvalue weighted by Gasteiger charge is -2.05. The zero-order chi connectivity index (χ0) is 14.5. The van der Waals surface area contributed by atoms with Gasteiger partial charge in [-0.1, -0.05) is 0 Å². The monoisotopic (exact) mass is 287 g/mol. The summed E-state index contributed by atoms with van der Waals surface area (Å²) in [6.07, 6.45) is 0. The Balaban J connectivity index is 2.65. The van der Waals surface area contributed by atoms with Gasteiger partial charge in [0, 0.05) is 5.69 Å². The summed E-state index contributed by atoms with van der Waals surface area (Å²) in [5.74, 6) is -3.04. The first-order valence-corrected chi connectivity index (χ1v) is 7.11. The molecule has 0 spiro atoms. The maximum absolute atomic E-state index is 11.4. The molecule has 0 saturated heterocycles. The standard InChI is InChI=1S/C11H13NO6S/c13-5-6-19(17,18)7-10(14)12-9-3-1-8(2-4-9)11(15)16/h1-4,13H,5-7H2,(H,12,14)(H,15,16). The number of aromatic carboxylic acids is 1. The number of rotatable bonds is 6. The molecule has 0 radical (unpaired) electrons. The highest BCUT2D eigenvalue weighted by Gasteiger charge is 2.16. The van der Waals surface area contributed by atoms with Gasteiger partial charge < -0.3 is 15.5 Å². The maximum Gasteiger partial charge on any atom is 0.335 e. The van der Waals surface area contributed by atoms with Gasteiger partial charge in [0.2, 0.25) is 5.91 Å². The van der Waals surface area contributed by atoms with Crippen molar-refractivity contribution in [3.05, 3.63) is 29.8 Å². The number of hydrogen-bond acceptors (Lipinski definition) is 5. The number of carbonyl (C=O) groups is 2. The molecule has 0 aromatic heterocycles. The molecular weight excluding hydrogens is 274 g/mol. The molecule has 0 heterocycles. The first kappa shape index (κ1) is 15.1. The third-order valence-corrected chi connectivity index (χ3v) is 3.68. The van der Waals surface area contributed by atoms with Gasteiger partial charge in [-0.2, -0.15) is 0 Å². The van der Waals surface area contributed by atoms with Gasteiger partial charge in [0.1, 0.15) is 5.75 Å². The molecule has 1 rings (SSSR count). The van der Waals surface area contributed by atoms with E-state index in [-0.39, 0.29) is 5.56 Å². The Kier molecular flexibility index (Phi) is 5.02. The van der Waals surface area contributed by atoms with Crippen LogP contribution in [0.4, 0.5) is 5.69 Å². The first-order valence-electron chi connectivity index (χ1n) is 5.28. The number of amides is 1. The number of sulfone groups is 1. The van der Waals surface area contributed by atoms with E-state index in [1.165, 1.54) is 24.3 Å². The Morgan fingerprint density at radius 3 is 2.21 bits per heavy atom. The summed E-state index contributed by atoms with van der Waals surface area (Å²) in [5.41, 5.74) is 0.361. The van der Waals surface area contributed by atoms with Gasteiger partial charge in [-0.25, -0.2) is 13.2 Å². The number of nitrogens with one attached hydrogen (secondary N) is 1. The number of benzene rings is 1. The Morgan fingerprint density at radius 2 is 1.74 bits per heavy atom. The normalized spacial score (nSPS) is 11.0. The van der Waals surface area contributed by atoms with Gasteiger partial charge in [0.15, 0.2) is 9.84 Å². The molecule has 0 aliphatic heterocycles. The molecule has 1 amide bonds.